The lowest BCUT2D eigenvalue weighted by Crippen LogP contribution is -2.45. The first kappa shape index (κ1) is 26.0. The average molecular weight is 505 g/mol. The normalized spacial score (nSPS) is 11.1. The van der Waals surface area contributed by atoms with E-state index in [4.69, 9.17) is 4.74 Å². The summed E-state index contributed by atoms with van der Waals surface area (Å²) in [6.07, 6.45) is 0.320. The van der Waals surface area contributed by atoms with Crippen molar-refractivity contribution >= 4 is 41.9 Å². The van der Waals surface area contributed by atoms with E-state index in [0.29, 0.717) is 25.6 Å². The molecule has 0 atom stereocenters. The number of amides is 2. The molecule has 0 aromatic heterocycles. The van der Waals surface area contributed by atoms with Gasteiger partial charge in [0.05, 0.1) is 6.54 Å². The van der Waals surface area contributed by atoms with E-state index >= 15 is 0 Å². The van der Waals surface area contributed by atoms with Crippen LogP contribution in [0.1, 0.15) is 26.3 Å². The largest absolute Gasteiger partial charge is 0.444 e. The minimum absolute atomic E-state index is 0. The number of hydrogen-bond donors (Lipinski definition) is 4. The van der Waals surface area contributed by atoms with Crippen molar-refractivity contribution in [3.8, 4) is 0 Å². The number of guanidine groups is 1. The summed E-state index contributed by atoms with van der Waals surface area (Å²) in [4.78, 5) is 27.4. The molecule has 0 saturated carbocycles. The number of ether oxygens (including phenoxy) is 1. The third-order valence-corrected chi connectivity index (χ3v) is 3.30. The highest BCUT2D eigenvalue weighted by Crippen LogP contribution is 2.05. The van der Waals surface area contributed by atoms with Crippen LogP contribution < -0.4 is 21.3 Å². The van der Waals surface area contributed by atoms with Gasteiger partial charge in [-0.15, -0.1) is 24.0 Å². The molecule has 8 nitrogen and oxygen atoms in total. The van der Waals surface area contributed by atoms with E-state index in [0.717, 1.165) is 6.42 Å². The summed E-state index contributed by atoms with van der Waals surface area (Å²) >= 11 is 0. The predicted octanol–water partition coefficient (Wildman–Crippen LogP) is 1.65. The van der Waals surface area contributed by atoms with Gasteiger partial charge in [0.15, 0.2) is 5.96 Å². The van der Waals surface area contributed by atoms with E-state index < -0.39 is 11.7 Å². The number of hydrogen-bond acceptors (Lipinski definition) is 4. The minimum atomic E-state index is -0.525. The molecular formula is C19H32IN5O3. The van der Waals surface area contributed by atoms with Crippen molar-refractivity contribution < 1.29 is 14.3 Å². The molecule has 0 fully saturated rings. The highest BCUT2D eigenvalue weighted by atomic mass is 127. The number of nitrogens with one attached hydrogen (secondary N) is 4. The fourth-order valence-corrected chi connectivity index (χ4v) is 2.10. The fourth-order valence-electron chi connectivity index (χ4n) is 2.10. The lowest BCUT2D eigenvalue weighted by Gasteiger charge is -2.19. The van der Waals surface area contributed by atoms with Crippen LogP contribution in [0.5, 0.6) is 0 Å². The van der Waals surface area contributed by atoms with Crippen LogP contribution in [0.25, 0.3) is 0 Å². The Bertz CT molecular complexity index is 618. The summed E-state index contributed by atoms with van der Waals surface area (Å²) in [7, 11) is 1.62. The molecule has 0 saturated heterocycles. The molecule has 0 spiro atoms. The second-order valence-corrected chi connectivity index (χ2v) is 6.87. The maximum atomic E-state index is 11.9. The number of alkyl carbamates (subject to hydrolysis) is 1. The summed E-state index contributed by atoms with van der Waals surface area (Å²) in [6.45, 7) is 6.95. The third kappa shape index (κ3) is 13.2. The zero-order chi connectivity index (χ0) is 20.1. The molecule has 2 amide bonds. The topological polar surface area (TPSA) is 104 Å². The van der Waals surface area contributed by atoms with Gasteiger partial charge in [0, 0.05) is 26.7 Å². The van der Waals surface area contributed by atoms with E-state index in [-0.39, 0.29) is 36.4 Å². The Morgan fingerprint density at radius 3 is 2.21 bits per heavy atom. The van der Waals surface area contributed by atoms with E-state index in [2.05, 4.69) is 26.3 Å². The maximum absolute atomic E-state index is 11.9. The van der Waals surface area contributed by atoms with Gasteiger partial charge in [0.25, 0.3) is 0 Å². The van der Waals surface area contributed by atoms with Gasteiger partial charge in [-0.2, -0.15) is 0 Å². The smallest absolute Gasteiger partial charge is 0.407 e. The standard InChI is InChI=1S/C19H31N5O3.HI/c1-19(2,3)27-18(26)23-13-12-22-17(20-4)24-14-16(25)21-11-10-15-8-6-5-7-9-15;/h5-9H,10-14H2,1-4H3,(H,21,25)(H,23,26)(H2,20,22,24);1H. The molecule has 4 N–H and O–H groups in total. The van der Waals surface area contributed by atoms with Crippen LogP contribution in [0.3, 0.4) is 0 Å². The highest BCUT2D eigenvalue weighted by Gasteiger charge is 2.15. The quantitative estimate of drug-likeness (QED) is 0.186. The van der Waals surface area contributed by atoms with Crippen molar-refractivity contribution in [2.24, 2.45) is 4.99 Å². The lowest BCUT2D eigenvalue weighted by atomic mass is 10.1. The molecular weight excluding hydrogens is 473 g/mol. The summed E-state index contributed by atoms with van der Waals surface area (Å²) in [5.41, 5.74) is 0.656. The number of benzene rings is 1. The Labute approximate surface area is 184 Å². The Balaban J connectivity index is 0.00000729. The maximum Gasteiger partial charge on any atom is 0.407 e. The van der Waals surface area contributed by atoms with Crippen molar-refractivity contribution in [3.63, 3.8) is 0 Å². The van der Waals surface area contributed by atoms with Crippen molar-refractivity contribution in [1.29, 1.82) is 0 Å². The van der Waals surface area contributed by atoms with Crippen LogP contribution in [0.15, 0.2) is 35.3 Å². The molecule has 0 aliphatic heterocycles. The Kier molecular flexibility index (Phi) is 13.0. The van der Waals surface area contributed by atoms with Gasteiger partial charge < -0.3 is 26.0 Å². The molecule has 0 aliphatic carbocycles. The molecule has 1 aromatic carbocycles. The summed E-state index contributed by atoms with van der Waals surface area (Å²) in [6, 6.07) is 9.98. The molecule has 0 heterocycles. The van der Waals surface area contributed by atoms with Gasteiger partial charge in [-0.3, -0.25) is 9.79 Å². The molecule has 0 radical (unpaired) electrons. The van der Waals surface area contributed by atoms with Crippen LogP contribution in [0.2, 0.25) is 0 Å². The Hall–Kier alpha value is -2.04. The van der Waals surface area contributed by atoms with Gasteiger partial charge in [-0.1, -0.05) is 30.3 Å². The van der Waals surface area contributed by atoms with Crippen LogP contribution >= 0.6 is 24.0 Å². The molecule has 0 bridgehead atoms. The number of rotatable bonds is 8. The average Bonchev–Trinajstić information content (AvgIpc) is 2.60. The first-order chi connectivity index (χ1) is 12.8. The number of nitrogens with zero attached hydrogens (tertiary/aromatic N) is 1. The summed E-state index contributed by atoms with van der Waals surface area (Å²) in [5.74, 6) is 0.375. The molecule has 0 unspecified atom stereocenters. The second kappa shape index (κ2) is 14.0. The first-order valence-corrected chi connectivity index (χ1v) is 9.02. The Morgan fingerprint density at radius 2 is 1.61 bits per heavy atom. The Morgan fingerprint density at radius 1 is 0.964 bits per heavy atom. The van der Waals surface area contributed by atoms with E-state index in [9.17, 15) is 9.59 Å². The molecule has 9 heteroatoms. The number of carbonyl (C=O) groups is 2. The van der Waals surface area contributed by atoms with E-state index in [1.165, 1.54) is 5.56 Å². The van der Waals surface area contributed by atoms with Crippen LogP contribution in [-0.4, -0.2) is 56.8 Å². The van der Waals surface area contributed by atoms with Gasteiger partial charge in [0.1, 0.15) is 5.60 Å². The number of aliphatic imine (C=N–C) groups is 1. The highest BCUT2D eigenvalue weighted by molar-refractivity contribution is 14.0. The van der Waals surface area contributed by atoms with Crippen molar-refractivity contribution in [2.45, 2.75) is 32.8 Å². The molecule has 1 rings (SSSR count). The van der Waals surface area contributed by atoms with Crippen LogP contribution in [0, 0.1) is 0 Å². The molecule has 1 aromatic rings. The number of carbonyl (C=O) groups excluding carboxylic acids is 2. The minimum Gasteiger partial charge on any atom is -0.444 e. The van der Waals surface area contributed by atoms with Gasteiger partial charge in [-0.05, 0) is 32.8 Å². The first-order valence-electron chi connectivity index (χ1n) is 9.02. The van der Waals surface area contributed by atoms with Crippen molar-refractivity contribution in [3.05, 3.63) is 35.9 Å². The van der Waals surface area contributed by atoms with Crippen LogP contribution in [0.4, 0.5) is 4.79 Å². The van der Waals surface area contributed by atoms with Gasteiger partial charge in [-0.25, -0.2) is 4.79 Å². The third-order valence-electron chi connectivity index (χ3n) is 3.30. The lowest BCUT2D eigenvalue weighted by molar-refractivity contribution is -0.119. The molecule has 0 aliphatic rings. The number of halogens is 1. The molecule has 158 valence electrons. The summed E-state index contributed by atoms with van der Waals surface area (Å²) in [5, 5.41) is 11.4. The second-order valence-electron chi connectivity index (χ2n) is 6.87. The predicted molar refractivity (Wildman–Crippen MR) is 122 cm³/mol. The zero-order valence-electron chi connectivity index (χ0n) is 17.0. The summed E-state index contributed by atoms with van der Waals surface area (Å²) < 4.78 is 5.14. The monoisotopic (exact) mass is 505 g/mol. The molecule has 28 heavy (non-hydrogen) atoms. The van der Waals surface area contributed by atoms with Crippen molar-refractivity contribution in [2.75, 3.05) is 33.2 Å². The van der Waals surface area contributed by atoms with Gasteiger partial charge >= 0.3 is 6.09 Å². The SMILES string of the molecule is CN=C(NCCNC(=O)OC(C)(C)C)NCC(=O)NCCc1ccccc1.I. The van der Waals surface area contributed by atoms with Crippen molar-refractivity contribution in [1.82, 2.24) is 21.3 Å². The van der Waals surface area contributed by atoms with E-state index in [1.807, 2.05) is 51.1 Å². The van der Waals surface area contributed by atoms with Gasteiger partial charge in [0.2, 0.25) is 5.91 Å². The van der Waals surface area contributed by atoms with E-state index in [1.54, 1.807) is 7.05 Å². The fraction of sp³-hybridized carbons (Fsp3) is 0.526. The van der Waals surface area contributed by atoms with Crippen LogP contribution in [-0.2, 0) is 16.0 Å². The zero-order valence-corrected chi connectivity index (χ0v) is 19.3.